The van der Waals surface area contributed by atoms with Gasteiger partial charge < -0.3 is 14.9 Å². The van der Waals surface area contributed by atoms with Gasteiger partial charge in [0.05, 0.1) is 25.4 Å². The van der Waals surface area contributed by atoms with E-state index in [1.54, 1.807) is 0 Å². The number of benzene rings is 1. The van der Waals surface area contributed by atoms with Crippen LogP contribution in [0.25, 0.3) is 0 Å². The summed E-state index contributed by atoms with van der Waals surface area (Å²) in [6, 6.07) is 7.48. The molecule has 1 aromatic rings. The molecule has 4 nitrogen and oxygen atoms in total. The van der Waals surface area contributed by atoms with E-state index in [0.717, 1.165) is 24.9 Å². The Morgan fingerprint density at radius 2 is 2.10 bits per heavy atom. The van der Waals surface area contributed by atoms with Gasteiger partial charge in [-0.25, -0.2) is 0 Å². The first-order valence-corrected chi connectivity index (χ1v) is 7.42. The van der Waals surface area contributed by atoms with Crippen LogP contribution < -0.4 is 0 Å². The van der Waals surface area contributed by atoms with E-state index in [-0.39, 0.29) is 6.10 Å². The van der Waals surface area contributed by atoms with Gasteiger partial charge >= 0.3 is 0 Å². The number of hydrogen-bond donors (Lipinski definition) is 2. The Kier molecular flexibility index (Phi) is 6.26. The predicted octanol–water partition coefficient (Wildman–Crippen LogP) is 1.67. The van der Waals surface area contributed by atoms with Crippen molar-refractivity contribution < 1.29 is 14.9 Å². The van der Waals surface area contributed by atoms with Crippen molar-refractivity contribution in [3.63, 3.8) is 0 Å². The summed E-state index contributed by atoms with van der Waals surface area (Å²) < 4.78 is 5.51. The minimum absolute atomic E-state index is 0.258. The fourth-order valence-corrected chi connectivity index (χ4v) is 2.57. The lowest BCUT2D eigenvalue weighted by molar-refractivity contribution is -0.00734. The number of piperidine rings is 1. The molecule has 1 fully saturated rings. The van der Waals surface area contributed by atoms with E-state index in [1.165, 1.54) is 0 Å². The highest BCUT2D eigenvalue weighted by molar-refractivity contribution is 6.30. The molecule has 0 amide bonds. The van der Waals surface area contributed by atoms with E-state index in [0.29, 0.717) is 31.3 Å². The molecule has 0 aromatic heterocycles. The fourth-order valence-electron chi connectivity index (χ4n) is 2.44. The van der Waals surface area contributed by atoms with Crippen LogP contribution in [-0.4, -0.2) is 53.6 Å². The zero-order valence-corrected chi connectivity index (χ0v) is 12.3. The lowest BCUT2D eigenvalue weighted by Gasteiger charge is -2.31. The first kappa shape index (κ1) is 15.7. The van der Waals surface area contributed by atoms with Gasteiger partial charge in [0.15, 0.2) is 0 Å². The second-order valence-corrected chi connectivity index (χ2v) is 5.79. The number of aliphatic hydroxyl groups is 2. The minimum Gasteiger partial charge on any atom is -0.392 e. The van der Waals surface area contributed by atoms with Crippen LogP contribution in [0, 0.1) is 0 Å². The monoisotopic (exact) mass is 299 g/mol. The zero-order chi connectivity index (χ0) is 14.4. The normalized spacial score (nSPS) is 21.9. The zero-order valence-electron chi connectivity index (χ0n) is 11.5. The highest BCUT2D eigenvalue weighted by Gasteiger charge is 2.19. The third-order valence-corrected chi connectivity index (χ3v) is 3.69. The van der Waals surface area contributed by atoms with Crippen molar-refractivity contribution in [1.82, 2.24) is 4.90 Å². The number of ether oxygens (including phenoxy) is 1. The lowest BCUT2D eigenvalue weighted by atomic mass is 10.1. The third-order valence-electron chi connectivity index (χ3n) is 3.44. The Morgan fingerprint density at radius 3 is 2.80 bits per heavy atom. The first-order chi connectivity index (χ1) is 9.63. The van der Waals surface area contributed by atoms with Gasteiger partial charge in [0.25, 0.3) is 0 Å². The van der Waals surface area contributed by atoms with Crippen LogP contribution in [0.2, 0.25) is 5.02 Å². The Morgan fingerprint density at radius 1 is 1.35 bits per heavy atom. The van der Waals surface area contributed by atoms with Gasteiger partial charge in [-0.05, 0) is 37.1 Å². The molecule has 0 bridgehead atoms. The van der Waals surface area contributed by atoms with Gasteiger partial charge in [0.1, 0.15) is 0 Å². The minimum atomic E-state index is -0.521. The molecule has 0 radical (unpaired) electrons. The van der Waals surface area contributed by atoms with Gasteiger partial charge in [-0.1, -0.05) is 23.7 Å². The highest BCUT2D eigenvalue weighted by Crippen LogP contribution is 2.12. The lowest BCUT2D eigenvalue weighted by Crippen LogP contribution is -2.43. The standard InChI is InChI=1S/C15H22ClNO3/c16-13-5-3-12(4-6-13)10-20-11-15(19)9-17-7-1-2-14(18)8-17/h3-6,14-15,18-19H,1-2,7-11H2/t14-,15-/m1/s1. The average Bonchev–Trinajstić information content (AvgIpc) is 2.41. The van der Waals surface area contributed by atoms with Crippen LogP contribution in [-0.2, 0) is 11.3 Å². The number of rotatable bonds is 6. The van der Waals surface area contributed by atoms with E-state index >= 15 is 0 Å². The first-order valence-electron chi connectivity index (χ1n) is 7.04. The molecular weight excluding hydrogens is 278 g/mol. The fraction of sp³-hybridized carbons (Fsp3) is 0.600. The molecule has 20 heavy (non-hydrogen) atoms. The number of β-amino-alcohol motifs (C(OH)–C–C–N with tert-alkyl or cyclic N) is 2. The summed E-state index contributed by atoms with van der Waals surface area (Å²) in [6.07, 6.45) is 1.07. The van der Waals surface area contributed by atoms with E-state index in [9.17, 15) is 10.2 Å². The molecule has 1 saturated heterocycles. The summed E-state index contributed by atoms with van der Waals surface area (Å²) in [5.41, 5.74) is 1.04. The van der Waals surface area contributed by atoms with Crippen molar-refractivity contribution in [3.05, 3.63) is 34.9 Å². The smallest absolute Gasteiger partial charge is 0.0900 e. The Bertz CT molecular complexity index is 399. The summed E-state index contributed by atoms with van der Waals surface area (Å²) in [5.74, 6) is 0. The van der Waals surface area contributed by atoms with E-state index < -0.39 is 6.10 Å². The third kappa shape index (κ3) is 5.38. The Hall–Kier alpha value is -0.650. The molecule has 112 valence electrons. The molecule has 1 heterocycles. The van der Waals surface area contributed by atoms with Crippen molar-refractivity contribution in [2.75, 3.05) is 26.2 Å². The second-order valence-electron chi connectivity index (χ2n) is 5.35. The Labute approximate surface area is 124 Å². The maximum Gasteiger partial charge on any atom is 0.0900 e. The topological polar surface area (TPSA) is 52.9 Å². The molecule has 0 saturated carbocycles. The maximum atomic E-state index is 9.94. The molecule has 2 rings (SSSR count). The van der Waals surface area contributed by atoms with Gasteiger partial charge in [-0.15, -0.1) is 0 Å². The molecule has 5 heteroatoms. The van der Waals surface area contributed by atoms with Crippen LogP contribution in [0.15, 0.2) is 24.3 Å². The van der Waals surface area contributed by atoms with Gasteiger partial charge in [0.2, 0.25) is 0 Å². The van der Waals surface area contributed by atoms with Crippen LogP contribution in [0.4, 0.5) is 0 Å². The summed E-state index contributed by atoms with van der Waals surface area (Å²) in [7, 11) is 0. The molecule has 0 unspecified atom stereocenters. The summed E-state index contributed by atoms with van der Waals surface area (Å²) in [5, 5.41) is 20.2. The van der Waals surface area contributed by atoms with E-state index in [4.69, 9.17) is 16.3 Å². The van der Waals surface area contributed by atoms with Crippen molar-refractivity contribution in [3.8, 4) is 0 Å². The van der Waals surface area contributed by atoms with Gasteiger partial charge in [0, 0.05) is 18.1 Å². The molecule has 1 aromatic carbocycles. The summed E-state index contributed by atoms with van der Waals surface area (Å²) in [4.78, 5) is 2.09. The number of aliphatic hydroxyl groups excluding tert-OH is 2. The van der Waals surface area contributed by atoms with Crippen molar-refractivity contribution >= 4 is 11.6 Å². The summed E-state index contributed by atoms with van der Waals surface area (Å²) >= 11 is 5.81. The predicted molar refractivity (Wildman–Crippen MR) is 78.8 cm³/mol. The molecule has 0 aliphatic carbocycles. The van der Waals surface area contributed by atoms with Crippen molar-refractivity contribution in [2.24, 2.45) is 0 Å². The molecule has 1 aliphatic heterocycles. The quantitative estimate of drug-likeness (QED) is 0.839. The van der Waals surface area contributed by atoms with Crippen LogP contribution >= 0.6 is 11.6 Å². The molecule has 2 N–H and O–H groups in total. The van der Waals surface area contributed by atoms with Crippen LogP contribution in [0.5, 0.6) is 0 Å². The van der Waals surface area contributed by atoms with Gasteiger partial charge in [-0.3, -0.25) is 4.90 Å². The van der Waals surface area contributed by atoms with Crippen molar-refractivity contribution in [2.45, 2.75) is 31.7 Å². The number of hydrogen-bond acceptors (Lipinski definition) is 4. The second kappa shape index (κ2) is 7.96. The summed E-state index contributed by atoms with van der Waals surface area (Å²) in [6.45, 7) is 2.91. The van der Waals surface area contributed by atoms with E-state index in [2.05, 4.69) is 4.90 Å². The number of likely N-dealkylation sites (tertiary alicyclic amines) is 1. The molecular formula is C15H22ClNO3. The Balaban J connectivity index is 1.64. The van der Waals surface area contributed by atoms with Crippen LogP contribution in [0.1, 0.15) is 18.4 Å². The van der Waals surface area contributed by atoms with Crippen LogP contribution in [0.3, 0.4) is 0 Å². The molecule has 2 atom stereocenters. The number of halogens is 1. The largest absolute Gasteiger partial charge is 0.392 e. The SMILES string of the molecule is O[C@@H]1CCCN(C[C@@H](O)COCc2ccc(Cl)cc2)C1. The highest BCUT2D eigenvalue weighted by atomic mass is 35.5. The number of nitrogens with zero attached hydrogens (tertiary/aromatic N) is 1. The molecule has 1 aliphatic rings. The average molecular weight is 300 g/mol. The van der Waals surface area contributed by atoms with Crippen molar-refractivity contribution in [1.29, 1.82) is 0 Å². The molecule has 0 spiro atoms. The van der Waals surface area contributed by atoms with Gasteiger partial charge in [-0.2, -0.15) is 0 Å². The maximum absolute atomic E-state index is 9.94. The van der Waals surface area contributed by atoms with E-state index in [1.807, 2.05) is 24.3 Å².